The van der Waals surface area contributed by atoms with Gasteiger partial charge in [-0.05, 0) is 49.3 Å². The number of hydrogen-bond acceptors (Lipinski definition) is 3. The van der Waals surface area contributed by atoms with Crippen molar-refractivity contribution in [3.8, 4) is 0 Å². The zero-order valence-electron chi connectivity index (χ0n) is 12.3. The van der Waals surface area contributed by atoms with E-state index in [0.717, 1.165) is 19.3 Å². The van der Waals surface area contributed by atoms with Crippen molar-refractivity contribution in [3.63, 3.8) is 0 Å². The van der Waals surface area contributed by atoms with Crippen LogP contribution in [0.1, 0.15) is 35.3 Å². The third kappa shape index (κ3) is 2.39. The van der Waals surface area contributed by atoms with Crippen LogP contribution in [0.15, 0.2) is 36.4 Å². The molecule has 1 aliphatic carbocycles. The van der Waals surface area contributed by atoms with E-state index >= 15 is 0 Å². The summed E-state index contributed by atoms with van der Waals surface area (Å²) in [6.45, 7) is 2.46. The summed E-state index contributed by atoms with van der Waals surface area (Å²) in [6.07, 6.45) is 5.85. The Bertz CT molecular complexity index is 628. The van der Waals surface area contributed by atoms with E-state index in [1.807, 2.05) is 11.3 Å². The van der Waals surface area contributed by atoms with Crippen LogP contribution in [-0.4, -0.2) is 13.1 Å². The summed E-state index contributed by atoms with van der Waals surface area (Å²) < 4.78 is 0. The van der Waals surface area contributed by atoms with Gasteiger partial charge in [-0.15, -0.1) is 11.3 Å². The monoisotopic (exact) mass is 298 g/mol. The first-order valence-electron chi connectivity index (χ1n) is 7.96. The van der Waals surface area contributed by atoms with Gasteiger partial charge < -0.3 is 10.6 Å². The predicted octanol–water partition coefficient (Wildman–Crippen LogP) is 3.69. The molecule has 0 saturated carbocycles. The molecule has 2 N–H and O–H groups in total. The van der Waals surface area contributed by atoms with Crippen molar-refractivity contribution in [2.45, 2.75) is 37.6 Å². The molecule has 0 bridgehead atoms. The first-order valence-corrected chi connectivity index (χ1v) is 8.77. The first kappa shape index (κ1) is 13.4. The van der Waals surface area contributed by atoms with Crippen LogP contribution in [0.4, 0.5) is 5.00 Å². The lowest BCUT2D eigenvalue weighted by molar-refractivity contribution is 0.388. The minimum atomic E-state index is -0.183. The number of anilines is 1. The van der Waals surface area contributed by atoms with Gasteiger partial charge in [-0.3, -0.25) is 0 Å². The van der Waals surface area contributed by atoms with Gasteiger partial charge in [-0.2, -0.15) is 0 Å². The zero-order chi connectivity index (χ0) is 14.3. The third-order valence-electron chi connectivity index (χ3n) is 4.95. The number of nitrogens with zero attached hydrogens (tertiary/aromatic N) is 1. The van der Waals surface area contributed by atoms with Crippen molar-refractivity contribution in [3.05, 3.63) is 52.4 Å². The van der Waals surface area contributed by atoms with E-state index in [2.05, 4.69) is 41.3 Å². The Morgan fingerprint density at radius 3 is 2.62 bits per heavy atom. The van der Waals surface area contributed by atoms with E-state index in [-0.39, 0.29) is 5.54 Å². The number of hydrogen-bond donors (Lipinski definition) is 1. The molecule has 2 nitrogen and oxygen atoms in total. The van der Waals surface area contributed by atoms with E-state index < -0.39 is 0 Å². The van der Waals surface area contributed by atoms with Crippen molar-refractivity contribution in [1.29, 1.82) is 0 Å². The molecular weight excluding hydrogens is 276 g/mol. The third-order valence-corrected chi connectivity index (χ3v) is 6.25. The fourth-order valence-electron chi connectivity index (χ4n) is 3.69. The number of aryl methyl sites for hydroxylation is 1. The Morgan fingerprint density at radius 2 is 1.86 bits per heavy atom. The molecule has 0 spiro atoms. The number of fused-ring (bicyclic) bond motifs is 1. The fraction of sp³-hybridized carbons (Fsp3) is 0.444. The summed E-state index contributed by atoms with van der Waals surface area (Å²) in [4.78, 5) is 4.11. The largest absolute Gasteiger partial charge is 0.363 e. The topological polar surface area (TPSA) is 29.3 Å². The van der Waals surface area contributed by atoms with E-state index in [9.17, 15) is 0 Å². The molecule has 2 heterocycles. The van der Waals surface area contributed by atoms with Crippen molar-refractivity contribution >= 4 is 16.3 Å². The van der Waals surface area contributed by atoms with E-state index in [0.29, 0.717) is 0 Å². The number of thiophene rings is 1. The van der Waals surface area contributed by atoms with Crippen molar-refractivity contribution in [2.75, 3.05) is 18.0 Å². The molecule has 4 rings (SSSR count). The van der Waals surface area contributed by atoms with Gasteiger partial charge in [0.1, 0.15) is 0 Å². The van der Waals surface area contributed by atoms with Crippen LogP contribution in [-0.2, 0) is 18.4 Å². The fourth-order valence-corrected chi connectivity index (χ4v) is 4.92. The van der Waals surface area contributed by atoms with Crippen LogP contribution in [0.5, 0.6) is 0 Å². The van der Waals surface area contributed by atoms with Gasteiger partial charge in [-0.1, -0.05) is 30.3 Å². The Morgan fingerprint density at radius 1 is 1.10 bits per heavy atom. The van der Waals surface area contributed by atoms with Crippen LogP contribution < -0.4 is 10.6 Å². The van der Waals surface area contributed by atoms with Gasteiger partial charge in [0, 0.05) is 23.5 Å². The lowest BCUT2D eigenvalue weighted by Crippen LogP contribution is -2.41. The van der Waals surface area contributed by atoms with E-state index in [1.54, 1.807) is 4.88 Å². The number of nitrogens with two attached hydrogens (primary N) is 1. The average Bonchev–Trinajstić information content (AvgIpc) is 3.16. The minimum absolute atomic E-state index is 0.183. The highest BCUT2D eigenvalue weighted by molar-refractivity contribution is 7.16. The summed E-state index contributed by atoms with van der Waals surface area (Å²) in [6, 6.07) is 13.0. The molecule has 110 valence electrons. The lowest BCUT2D eigenvalue weighted by Gasteiger charge is -2.33. The molecule has 0 radical (unpaired) electrons. The van der Waals surface area contributed by atoms with E-state index in [4.69, 9.17) is 5.73 Å². The molecule has 1 aliphatic heterocycles. The first-order chi connectivity index (χ1) is 10.2. The highest BCUT2D eigenvalue weighted by Gasteiger charge is 2.33. The van der Waals surface area contributed by atoms with Gasteiger partial charge in [0.15, 0.2) is 0 Å². The minimum Gasteiger partial charge on any atom is -0.363 e. The van der Waals surface area contributed by atoms with Crippen LogP contribution in [0, 0.1) is 0 Å². The second-order valence-electron chi connectivity index (χ2n) is 6.43. The molecule has 3 heteroatoms. The van der Waals surface area contributed by atoms with Crippen molar-refractivity contribution in [1.82, 2.24) is 0 Å². The Kier molecular flexibility index (Phi) is 3.27. The van der Waals surface area contributed by atoms with Crippen molar-refractivity contribution in [2.24, 2.45) is 5.73 Å². The van der Waals surface area contributed by atoms with Crippen LogP contribution in [0.25, 0.3) is 0 Å². The summed E-state index contributed by atoms with van der Waals surface area (Å²) >= 11 is 2.00. The quantitative estimate of drug-likeness (QED) is 0.916. The van der Waals surface area contributed by atoms with Gasteiger partial charge in [-0.25, -0.2) is 0 Å². The Balaban J connectivity index is 1.62. The summed E-state index contributed by atoms with van der Waals surface area (Å²) in [5.74, 6) is 0. The Labute approximate surface area is 130 Å². The lowest BCUT2D eigenvalue weighted by atomic mass is 9.77. The Hall–Kier alpha value is -1.32. The molecule has 21 heavy (non-hydrogen) atoms. The van der Waals surface area contributed by atoms with Gasteiger partial charge >= 0.3 is 0 Å². The van der Waals surface area contributed by atoms with Crippen LogP contribution >= 0.6 is 11.3 Å². The molecule has 1 aromatic heterocycles. The summed E-state index contributed by atoms with van der Waals surface area (Å²) in [5.41, 5.74) is 9.33. The molecular formula is C18H22N2S. The zero-order valence-corrected chi connectivity index (χ0v) is 13.2. The maximum Gasteiger partial charge on any atom is 0.0914 e. The molecule has 1 fully saturated rings. The molecule has 1 saturated heterocycles. The predicted molar refractivity (Wildman–Crippen MR) is 90.1 cm³/mol. The van der Waals surface area contributed by atoms with E-state index in [1.165, 1.54) is 42.1 Å². The normalized spacial score (nSPS) is 25.1. The molecule has 1 atom stereocenters. The molecule has 0 amide bonds. The summed E-state index contributed by atoms with van der Waals surface area (Å²) in [7, 11) is 0. The number of benzene rings is 1. The average molecular weight is 298 g/mol. The molecule has 1 aromatic carbocycles. The highest BCUT2D eigenvalue weighted by atomic mass is 32.1. The number of rotatable bonds is 2. The maximum atomic E-state index is 6.75. The molecule has 2 aliphatic rings. The summed E-state index contributed by atoms with van der Waals surface area (Å²) in [5, 5.41) is 1.47. The highest BCUT2D eigenvalue weighted by Crippen LogP contribution is 2.41. The van der Waals surface area contributed by atoms with Gasteiger partial charge in [0.05, 0.1) is 5.00 Å². The van der Waals surface area contributed by atoms with Gasteiger partial charge in [0.2, 0.25) is 0 Å². The van der Waals surface area contributed by atoms with Crippen LogP contribution in [0.2, 0.25) is 0 Å². The smallest absolute Gasteiger partial charge is 0.0914 e. The second-order valence-corrected chi connectivity index (χ2v) is 7.54. The molecule has 1 unspecified atom stereocenters. The second kappa shape index (κ2) is 5.15. The van der Waals surface area contributed by atoms with Gasteiger partial charge in [0.25, 0.3) is 0 Å². The molecule has 2 aromatic rings. The maximum absolute atomic E-state index is 6.75. The van der Waals surface area contributed by atoms with Crippen molar-refractivity contribution < 1.29 is 0 Å². The SMILES string of the molecule is NC1(c2ccccc2)CCc2sc(N3CCCC3)cc2C1. The van der Waals surface area contributed by atoms with Crippen LogP contribution in [0.3, 0.4) is 0 Å². The standard InChI is InChI=1S/C18H22N2S/c19-18(15-6-2-1-3-7-15)9-8-16-14(13-18)12-17(21-16)20-10-4-5-11-20/h1-3,6-7,12H,4-5,8-11,13,19H2.